The number of aliphatic imine (C=N–C) groups is 1. The molecule has 2 atom stereocenters. The molecule has 92 valence electrons. The number of hydrogen-bond acceptors (Lipinski definition) is 2. The van der Waals surface area contributed by atoms with Gasteiger partial charge in [-0.2, -0.15) is 0 Å². The molecule has 1 spiro atoms. The van der Waals surface area contributed by atoms with Crippen LogP contribution in [0, 0.1) is 11.8 Å². The van der Waals surface area contributed by atoms with E-state index in [0.717, 1.165) is 12.5 Å². The summed E-state index contributed by atoms with van der Waals surface area (Å²) in [6.45, 7) is 7.79. The first-order valence-electron chi connectivity index (χ1n) is 6.55. The van der Waals surface area contributed by atoms with Gasteiger partial charge >= 0.3 is 0 Å². The molecular weight excluding hydrogens is 216 g/mol. The van der Waals surface area contributed by atoms with E-state index in [4.69, 9.17) is 0 Å². The lowest BCUT2D eigenvalue weighted by molar-refractivity contribution is 0.242. The molecule has 1 saturated heterocycles. The Balaban J connectivity index is 1.93. The molecule has 1 aliphatic heterocycles. The Morgan fingerprint density at radius 3 is 3.06 bits per heavy atom. The summed E-state index contributed by atoms with van der Waals surface area (Å²) >= 11 is 1.93. The Morgan fingerprint density at radius 1 is 1.56 bits per heavy atom. The Hall–Kier alpha value is -0.180. The van der Waals surface area contributed by atoms with Gasteiger partial charge in [0.2, 0.25) is 0 Å². The maximum atomic E-state index is 4.67. The molecule has 2 nitrogen and oxygen atoms in total. The molecule has 1 heterocycles. The van der Waals surface area contributed by atoms with E-state index in [-0.39, 0.29) is 0 Å². The van der Waals surface area contributed by atoms with E-state index < -0.39 is 0 Å². The van der Waals surface area contributed by atoms with E-state index in [1.807, 2.05) is 11.8 Å². The van der Waals surface area contributed by atoms with Crippen LogP contribution in [0.2, 0.25) is 0 Å². The minimum Gasteiger partial charge on any atom is -0.359 e. The van der Waals surface area contributed by atoms with Gasteiger partial charge in [0, 0.05) is 17.8 Å². The summed E-state index contributed by atoms with van der Waals surface area (Å²) in [5.74, 6) is 2.77. The van der Waals surface area contributed by atoms with E-state index in [2.05, 4.69) is 31.1 Å². The van der Waals surface area contributed by atoms with Gasteiger partial charge in [0.15, 0.2) is 5.17 Å². The van der Waals surface area contributed by atoms with Crippen LogP contribution in [0.25, 0.3) is 0 Å². The van der Waals surface area contributed by atoms with E-state index in [1.165, 1.54) is 36.6 Å². The number of thioether (sulfide) groups is 1. The highest BCUT2D eigenvalue weighted by atomic mass is 32.2. The quantitative estimate of drug-likeness (QED) is 0.801. The minimum absolute atomic E-state index is 0.387. The summed E-state index contributed by atoms with van der Waals surface area (Å²) in [7, 11) is 0. The molecule has 1 saturated carbocycles. The van der Waals surface area contributed by atoms with Gasteiger partial charge in [-0.15, -0.1) is 0 Å². The van der Waals surface area contributed by atoms with Gasteiger partial charge in [-0.1, -0.05) is 45.4 Å². The predicted molar refractivity (Wildman–Crippen MR) is 73.1 cm³/mol. The van der Waals surface area contributed by atoms with E-state index in [0.29, 0.717) is 11.5 Å². The van der Waals surface area contributed by atoms with E-state index in [1.54, 1.807) is 0 Å². The molecule has 1 N–H and O–H groups in total. The fourth-order valence-corrected chi connectivity index (χ4v) is 3.96. The molecule has 2 rings (SSSR count). The Morgan fingerprint density at radius 2 is 2.38 bits per heavy atom. The molecule has 0 amide bonds. The molecule has 0 aromatic carbocycles. The zero-order valence-electron chi connectivity index (χ0n) is 10.8. The highest BCUT2D eigenvalue weighted by Gasteiger charge is 2.40. The van der Waals surface area contributed by atoms with Crippen molar-refractivity contribution in [1.82, 2.24) is 5.32 Å². The van der Waals surface area contributed by atoms with Gasteiger partial charge in [-0.05, 0) is 24.7 Å². The minimum atomic E-state index is 0.387. The van der Waals surface area contributed by atoms with Crippen molar-refractivity contribution in [3.05, 3.63) is 0 Å². The standard InChI is InChI=1S/C13H24N2S/c1-10(2)8-14-12-15-13(9-16-12)6-4-5-11(3)7-13/h10-11H,4-9H2,1-3H3,(H,14,15). The van der Waals surface area contributed by atoms with Gasteiger partial charge < -0.3 is 5.32 Å². The van der Waals surface area contributed by atoms with Gasteiger partial charge in [-0.3, -0.25) is 4.99 Å². The Labute approximate surface area is 104 Å². The molecule has 16 heavy (non-hydrogen) atoms. The van der Waals surface area contributed by atoms with Gasteiger partial charge in [0.1, 0.15) is 0 Å². The van der Waals surface area contributed by atoms with E-state index >= 15 is 0 Å². The number of nitrogens with zero attached hydrogens (tertiary/aromatic N) is 1. The molecule has 0 aromatic rings. The summed E-state index contributed by atoms with van der Waals surface area (Å²) < 4.78 is 0. The van der Waals surface area contributed by atoms with Crippen LogP contribution in [-0.2, 0) is 0 Å². The van der Waals surface area contributed by atoms with Crippen molar-refractivity contribution < 1.29 is 0 Å². The van der Waals surface area contributed by atoms with Gasteiger partial charge in [0.05, 0.1) is 0 Å². The van der Waals surface area contributed by atoms with Crippen molar-refractivity contribution in [2.45, 2.75) is 52.0 Å². The SMILES string of the molecule is CC(C)CN=C1NC2(CCCC(C)C2)CS1. The van der Waals surface area contributed by atoms with Gasteiger partial charge in [-0.25, -0.2) is 0 Å². The third-order valence-corrected chi connectivity index (χ3v) is 4.75. The second-order valence-corrected chi connectivity index (χ2v) is 6.90. The molecular formula is C13H24N2S. The first kappa shape index (κ1) is 12.3. The molecule has 0 radical (unpaired) electrons. The van der Waals surface area contributed by atoms with Crippen LogP contribution in [0.5, 0.6) is 0 Å². The van der Waals surface area contributed by atoms with Crippen LogP contribution in [0.3, 0.4) is 0 Å². The molecule has 0 aromatic heterocycles. The lowest BCUT2D eigenvalue weighted by atomic mass is 9.78. The molecule has 2 aliphatic rings. The first-order chi connectivity index (χ1) is 7.60. The van der Waals surface area contributed by atoms with Crippen LogP contribution in [0.1, 0.15) is 46.5 Å². The van der Waals surface area contributed by atoms with Gasteiger partial charge in [0.25, 0.3) is 0 Å². The van der Waals surface area contributed by atoms with Crippen molar-refractivity contribution in [2.24, 2.45) is 16.8 Å². The molecule has 2 fully saturated rings. The van der Waals surface area contributed by atoms with Crippen molar-refractivity contribution >= 4 is 16.9 Å². The van der Waals surface area contributed by atoms with E-state index in [9.17, 15) is 0 Å². The number of nitrogens with one attached hydrogen (secondary N) is 1. The van der Waals surface area contributed by atoms with Crippen LogP contribution in [0.4, 0.5) is 0 Å². The topological polar surface area (TPSA) is 24.4 Å². The highest BCUT2D eigenvalue weighted by Crippen LogP contribution is 2.38. The number of rotatable bonds is 2. The molecule has 1 aliphatic carbocycles. The third-order valence-electron chi connectivity index (χ3n) is 3.55. The van der Waals surface area contributed by atoms with Crippen molar-refractivity contribution in [3.63, 3.8) is 0 Å². The maximum absolute atomic E-state index is 4.67. The largest absolute Gasteiger partial charge is 0.359 e. The van der Waals surface area contributed by atoms with Crippen molar-refractivity contribution in [1.29, 1.82) is 0 Å². The number of amidine groups is 1. The van der Waals surface area contributed by atoms with Crippen LogP contribution < -0.4 is 5.32 Å². The highest BCUT2D eigenvalue weighted by molar-refractivity contribution is 8.14. The zero-order chi connectivity index (χ0) is 11.6. The monoisotopic (exact) mass is 240 g/mol. The first-order valence-corrected chi connectivity index (χ1v) is 7.54. The molecule has 2 unspecified atom stereocenters. The second kappa shape index (κ2) is 4.99. The smallest absolute Gasteiger partial charge is 0.157 e. The molecule has 3 heteroatoms. The van der Waals surface area contributed by atoms with Crippen molar-refractivity contribution in [2.75, 3.05) is 12.3 Å². The summed E-state index contributed by atoms with van der Waals surface area (Å²) in [5.41, 5.74) is 0.387. The van der Waals surface area contributed by atoms with Crippen LogP contribution in [0.15, 0.2) is 4.99 Å². The fraction of sp³-hybridized carbons (Fsp3) is 0.923. The molecule has 0 bridgehead atoms. The Bertz CT molecular complexity index is 275. The summed E-state index contributed by atoms with van der Waals surface area (Å²) in [6, 6.07) is 0. The maximum Gasteiger partial charge on any atom is 0.157 e. The predicted octanol–water partition coefficient (Wildman–Crippen LogP) is 3.28. The number of hydrogen-bond donors (Lipinski definition) is 1. The second-order valence-electron chi connectivity index (χ2n) is 5.94. The van der Waals surface area contributed by atoms with Crippen molar-refractivity contribution in [3.8, 4) is 0 Å². The third kappa shape index (κ3) is 2.93. The average Bonchev–Trinajstić information content (AvgIpc) is 2.58. The zero-order valence-corrected chi connectivity index (χ0v) is 11.6. The summed E-state index contributed by atoms with van der Waals surface area (Å²) in [4.78, 5) is 4.67. The van der Waals surface area contributed by atoms with Crippen LogP contribution in [-0.4, -0.2) is 23.0 Å². The Kier molecular flexibility index (Phi) is 3.83. The lowest BCUT2D eigenvalue weighted by Gasteiger charge is -2.36. The summed E-state index contributed by atoms with van der Waals surface area (Å²) in [6.07, 6.45) is 5.46. The normalized spacial score (nSPS) is 37.2. The fourth-order valence-electron chi connectivity index (χ4n) is 2.76. The summed E-state index contributed by atoms with van der Waals surface area (Å²) in [5, 5.41) is 4.90. The average molecular weight is 240 g/mol. The lowest BCUT2D eigenvalue weighted by Crippen LogP contribution is -2.47. The van der Waals surface area contributed by atoms with Crippen LogP contribution >= 0.6 is 11.8 Å².